The summed E-state index contributed by atoms with van der Waals surface area (Å²) in [5, 5.41) is 4.69. The van der Waals surface area contributed by atoms with Crippen LogP contribution in [-0.2, 0) is 4.74 Å². The topological polar surface area (TPSA) is 54.5 Å². The molecule has 0 aliphatic carbocycles. The van der Waals surface area contributed by atoms with E-state index in [1.807, 2.05) is 39.0 Å². The number of likely N-dealkylation sites (tertiary alicyclic amines) is 1. The van der Waals surface area contributed by atoms with E-state index in [2.05, 4.69) is 22.4 Å². The Balaban J connectivity index is 1.70. The van der Waals surface area contributed by atoms with E-state index in [0.717, 1.165) is 36.0 Å². The molecular weight excluding hydrogens is 302 g/mol. The quantitative estimate of drug-likeness (QED) is 0.904. The van der Waals surface area contributed by atoms with Gasteiger partial charge in [-0.05, 0) is 57.9 Å². The standard InChI is InChI=1S/C19H25N3O2/c1-19(2,3)24-18(23)22-12-6-7-14(13-22)21-17-10-4-9-16-15(17)8-5-11-20-16/h4-5,8-11,14,21H,6-7,12-13H2,1-3H3. The maximum Gasteiger partial charge on any atom is 0.410 e. The Bertz CT molecular complexity index is 719. The minimum absolute atomic E-state index is 0.220. The Morgan fingerprint density at radius 2 is 2.12 bits per heavy atom. The number of hydrogen-bond acceptors (Lipinski definition) is 4. The number of piperidine rings is 1. The van der Waals surface area contributed by atoms with Gasteiger partial charge in [0.15, 0.2) is 0 Å². The van der Waals surface area contributed by atoms with Crippen LogP contribution in [0.15, 0.2) is 36.5 Å². The Morgan fingerprint density at radius 3 is 2.92 bits per heavy atom. The molecule has 5 heteroatoms. The first-order valence-corrected chi connectivity index (χ1v) is 8.50. The zero-order chi connectivity index (χ0) is 17.2. The SMILES string of the molecule is CC(C)(C)OC(=O)N1CCCC(Nc2cccc3ncccc23)C1. The molecule has 1 N–H and O–H groups in total. The van der Waals surface area contributed by atoms with Crippen LogP contribution < -0.4 is 5.32 Å². The van der Waals surface area contributed by atoms with E-state index in [1.54, 1.807) is 11.1 Å². The summed E-state index contributed by atoms with van der Waals surface area (Å²) < 4.78 is 5.50. The minimum atomic E-state index is -0.460. The highest BCUT2D eigenvalue weighted by Gasteiger charge is 2.27. The zero-order valence-corrected chi connectivity index (χ0v) is 14.6. The molecule has 1 aromatic heterocycles. The van der Waals surface area contributed by atoms with Crippen LogP contribution in [0.1, 0.15) is 33.6 Å². The van der Waals surface area contributed by atoms with Gasteiger partial charge in [-0.2, -0.15) is 0 Å². The third-order valence-corrected chi connectivity index (χ3v) is 4.08. The van der Waals surface area contributed by atoms with Gasteiger partial charge in [0.1, 0.15) is 5.60 Å². The van der Waals surface area contributed by atoms with Crippen LogP contribution in [0.3, 0.4) is 0 Å². The van der Waals surface area contributed by atoms with Crippen molar-refractivity contribution in [2.45, 2.75) is 45.3 Å². The average molecular weight is 327 g/mol. The van der Waals surface area contributed by atoms with Crippen molar-refractivity contribution >= 4 is 22.7 Å². The van der Waals surface area contributed by atoms with E-state index in [1.165, 1.54) is 0 Å². The number of carbonyl (C=O) groups excluding carboxylic acids is 1. The zero-order valence-electron chi connectivity index (χ0n) is 14.6. The second-order valence-electron chi connectivity index (χ2n) is 7.29. The first kappa shape index (κ1) is 16.6. The van der Waals surface area contributed by atoms with Crippen LogP contribution in [0.4, 0.5) is 10.5 Å². The van der Waals surface area contributed by atoms with Crippen molar-refractivity contribution in [3.63, 3.8) is 0 Å². The van der Waals surface area contributed by atoms with Crippen molar-refractivity contribution in [2.75, 3.05) is 18.4 Å². The van der Waals surface area contributed by atoms with Crippen molar-refractivity contribution in [1.29, 1.82) is 0 Å². The van der Waals surface area contributed by atoms with E-state index in [0.29, 0.717) is 6.54 Å². The molecule has 1 atom stereocenters. The normalized spacial score (nSPS) is 18.5. The van der Waals surface area contributed by atoms with Crippen molar-refractivity contribution in [2.24, 2.45) is 0 Å². The van der Waals surface area contributed by atoms with Crippen molar-refractivity contribution < 1.29 is 9.53 Å². The summed E-state index contributed by atoms with van der Waals surface area (Å²) in [6.07, 6.45) is 3.58. The Labute approximate surface area is 143 Å². The van der Waals surface area contributed by atoms with Gasteiger partial charge in [0.05, 0.1) is 5.52 Å². The maximum atomic E-state index is 12.3. The fraction of sp³-hybridized carbons (Fsp3) is 0.474. The highest BCUT2D eigenvalue weighted by molar-refractivity contribution is 5.91. The van der Waals surface area contributed by atoms with Gasteiger partial charge >= 0.3 is 6.09 Å². The summed E-state index contributed by atoms with van der Waals surface area (Å²) in [7, 11) is 0. The molecule has 1 amide bonds. The number of rotatable bonds is 2. The van der Waals surface area contributed by atoms with Gasteiger partial charge in [0.25, 0.3) is 0 Å². The molecule has 0 radical (unpaired) electrons. The van der Waals surface area contributed by atoms with Crippen molar-refractivity contribution in [1.82, 2.24) is 9.88 Å². The molecular formula is C19H25N3O2. The molecule has 1 saturated heterocycles. The van der Waals surface area contributed by atoms with Gasteiger partial charge in [-0.25, -0.2) is 4.79 Å². The smallest absolute Gasteiger partial charge is 0.410 e. The van der Waals surface area contributed by atoms with E-state index in [4.69, 9.17) is 4.74 Å². The fourth-order valence-electron chi connectivity index (χ4n) is 3.04. The molecule has 128 valence electrons. The molecule has 3 rings (SSSR count). The number of benzene rings is 1. The van der Waals surface area contributed by atoms with Gasteiger partial charge < -0.3 is 15.0 Å². The van der Waals surface area contributed by atoms with E-state index in [-0.39, 0.29) is 12.1 Å². The third kappa shape index (κ3) is 3.96. The lowest BCUT2D eigenvalue weighted by Crippen LogP contribution is -2.47. The van der Waals surface area contributed by atoms with Crippen LogP contribution in [0.2, 0.25) is 0 Å². The lowest BCUT2D eigenvalue weighted by atomic mass is 10.0. The summed E-state index contributed by atoms with van der Waals surface area (Å²) in [5.41, 5.74) is 1.58. The first-order chi connectivity index (χ1) is 11.4. The largest absolute Gasteiger partial charge is 0.444 e. The molecule has 2 aromatic rings. The second-order valence-corrected chi connectivity index (χ2v) is 7.29. The van der Waals surface area contributed by atoms with Crippen LogP contribution in [0.25, 0.3) is 10.9 Å². The van der Waals surface area contributed by atoms with Gasteiger partial charge in [0.2, 0.25) is 0 Å². The molecule has 24 heavy (non-hydrogen) atoms. The summed E-state index contributed by atoms with van der Waals surface area (Å²) >= 11 is 0. The maximum absolute atomic E-state index is 12.3. The lowest BCUT2D eigenvalue weighted by Gasteiger charge is -2.35. The van der Waals surface area contributed by atoms with E-state index < -0.39 is 5.60 Å². The Morgan fingerprint density at radius 1 is 1.29 bits per heavy atom. The van der Waals surface area contributed by atoms with Gasteiger partial charge in [-0.15, -0.1) is 0 Å². The fourth-order valence-corrected chi connectivity index (χ4v) is 3.04. The monoisotopic (exact) mass is 327 g/mol. The molecule has 1 unspecified atom stereocenters. The number of fused-ring (bicyclic) bond motifs is 1. The first-order valence-electron chi connectivity index (χ1n) is 8.50. The van der Waals surface area contributed by atoms with Gasteiger partial charge in [-0.3, -0.25) is 4.98 Å². The minimum Gasteiger partial charge on any atom is -0.444 e. The highest BCUT2D eigenvalue weighted by Crippen LogP contribution is 2.24. The molecule has 2 heterocycles. The predicted octanol–water partition coefficient (Wildman–Crippen LogP) is 4.05. The number of ether oxygens (including phenoxy) is 1. The van der Waals surface area contributed by atoms with Crippen molar-refractivity contribution in [3.05, 3.63) is 36.5 Å². The highest BCUT2D eigenvalue weighted by atomic mass is 16.6. The van der Waals surface area contributed by atoms with Crippen LogP contribution in [0.5, 0.6) is 0 Å². The Kier molecular flexibility index (Phi) is 4.60. The lowest BCUT2D eigenvalue weighted by molar-refractivity contribution is 0.0206. The van der Waals surface area contributed by atoms with Gasteiger partial charge in [0, 0.05) is 36.4 Å². The van der Waals surface area contributed by atoms with E-state index in [9.17, 15) is 4.79 Å². The number of nitrogens with zero attached hydrogens (tertiary/aromatic N) is 2. The summed E-state index contributed by atoms with van der Waals surface area (Å²) in [6, 6.07) is 10.3. The number of hydrogen-bond donors (Lipinski definition) is 1. The number of carbonyl (C=O) groups is 1. The molecule has 1 aromatic carbocycles. The van der Waals surface area contributed by atoms with E-state index >= 15 is 0 Å². The predicted molar refractivity (Wildman–Crippen MR) is 96.2 cm³/mol. The summed E-state index contributed by atoms with van der Waals surface area (Å²) in [4.78, 5) is 18.5. The van der Waals surface area contributed by atoms with Crippen LogP contribution in [-0.4, -0.2) is 40.7 Å². The van der Waals surface area contributed by atoms with Crippen LogP contribution >= 0.6 is 0 Å². The molecule has 1 aliphatic heterocycles. The number of pyridine rings is 1. The molecule has 0 spiro atoms. The Hall–Kier alpha value is -2.30. The molecule has 5 nitrogen and oxygen atoms in total. The molecule has 1 aliphatic rings. The molecule has 0 saturated carbocycles. The number of aromatic nitrogens is 1. The van der Waals surface area contributed by atoms with Crippen LogP contribution in [0, 0.1) is 0 Å². The number of anilines is 1. The van der Waals surface area contributed by atoms with Crippen molar-refractivity contribution in [3.8, 4) is 0 Å². The summed E-state index contributed by atoms with van der Waals surface area (Å²) in [6.45, 7) is 7.10. The molecule has 0 bridgehead atoms. The van der Waals surface area contributed by atoms with Gasteiger partial charge in [-0.1, -0.05) is 6.07 Å². The number of nitrogens with one attached hydrogen (secondary N) is 1. The third-order valence-electron chi connectivity index (χ3n) is 4.08. The number of amides is 1. The second kappa shape index (κ2) is 6.67. The average Bonchev–Trinajstić information content (AvgIpc) is 2.54. The molecule has 1 fully saturated rings. The summed E-state index contributed by atoms with van der Waals surface area (Å²) in [5.74, 6) is 0.